The molecule has 0 aliphatic carbocycles. The summed E-state index contributed by atoms with van der Waals surface area (Å²) >= 11 is 0. The van der Waals surface area contributed by atoms with Gasteiger partial charge in [-0.1, -0.05) is 52.2 Å². The van der Waals surface area contributed by atoms with E-state index in [1.54, 1.807) is 6.08 Å². The average molecular weight is 423 g/mol. The van der Waals surface area contributed by atoms with Gasteiger partial charge in [-0.2, -0.15) is 4.39 Å². The van der Waals surface area contributed by atoms with Gasteiger partial charge in [-0.05, 0) is 48.8 Å². The summed E-state index contributed by atoms with van der Waals surface area (Å²) in [4.78, 5) is 0. The molecule has 5 heteroatoms. The molecular formula is C25H33F3O2. The molecular weight excluding hydrogens is 389 g/mol. The Hall–Kier alpha value is -2.69. The first kappa shape index (κ1) is 27.3. The number of halogens is 3. The van der Waals surface area contributed by atoms with Gasteiger partial charge < -0.3 is 9.84 Å². The fraction of sp³-hybridized carbons (Fsp3) is 0.360. The van der Waals surface area contributed by atoms with E-state index < -0.39 is 23.2 Å². The molecule has 0 fully saturated rings. The number of methoxy groups -OCH3 is 1. The van der Waals surface area contributed by atoms with Crippen LogP contribution in [0.15, 0.2) is 67.3 Å². The van der Waals surface area contributed by atoms with Crippen molar-refractivity contribution in [3.8, 4) is 5.75 Å². The van der Waals surface area contributed by atoms with Crippen molar-refractivity contribution in [1.82, 2.24) is 0 Å². The van der Waals surface area contributed by atoms with E-state index in [2.05, 4.69) is 26.7 Å². The minimum absolute atomic E-state index is 0.0664. The van der Waals surface area contributed by atoms with Gasteiger partial charge in [-0.25, -0.2) is 8.78 Å². The standard InChI is InChI=1S/C21H25F3O2.C4H8/c1-13(7-9-17-10-11-19(25)21(24)20(17)23)6-8-14(2)16(4)18(22)12-15(3)26-5;1-3-4-2/h7,9-14,25H,3-4,6,8H2,1-2,5H3;3H,1,4H2,2H3/b9-7+,18-12+;. The van der Waals surface area contributed by atoms with E-state index in [1.165, 1.54) is 25.3 Å². The minimum atomic E-state index is -1.26. The van der Waals surface area contributed by atoms with Crippen molar-refractivity contribution in [3.05, 3.63) is 84.5 Å². The van der Waals surface area contributed by atoms with Gasteiger partial charge in [0.1, 0.15) is 11.6 Å². The van der Waals surface area contributed by atoms with E-state index in [0.717, 1.165) is 18.9 Å². The van der Waals surface area contributed by atoms with Gasteiger partial charge in [0.15, 0.2) is 11.6 Å². The van der Waals surface area contributed by atoms with Gasteiger partial charge in [0.25, 0.3) is 0 Å². The van der Waals surface area contributed by atoms with Crippen LogP contribution >= 0.6 is 0 Å². The van der Waals surface area contributed by atoms with Crippen LogP contribution in [0.2, 0.25) is 0 Å². The lowest BCUT2D eigenvalue weighted by atomic mass is 9.91. The Labute approximate surface area is 178 Å². The summed E-state index contributed by atoms with van der Waals surface area (Å²) in [5, 5.41) is 9.12. The van der Waals surface area contributed by atoms with Gasteiger partial charge in [0.05, 0.1) is 7.11 Å². The van der Waals surface area contributed by atoms with Gasteiger partial charge in [-0.15, -0.1) is 6.58 Å². The number of hydrogen-bond acceptors (Lipinski definition) is 2. The average Bonchev–Trinajstić information content (AvgIpc) is 2.74. The third-order valence-electron chi connectivity index (χ3n) is 4.49. The van der Waals surface area contributed by atoms with Crippen LogP contribution in [0.25, 0.3) is 6.08 Å². The van der Waals surface area contributed by atoms with Crippen molar-refractivity contribution < 1.29 is 23.0 Å². The van der Waals surface area contributed by atoms with E-state index in [1.807, 2.05) is 19.9 Å². The number of phenols is 1. The predicted octanol–water partition coefficient (Wildman–Crippen LogP) is 7.89. The molecule has 30 heavy (non-hydrogen) atoms. The topological polar surface area (TPSA) is 29.5 Å². The molecule has 0 amide bonds. The summed E-state index contributed by atoms with van der Waals surface area (Å²) < 4.78 is 45.8. The fourth-order valence-corrected chi connectivity index (χ4v) is 2.26. The second-order valence-corrected chi connectivity index (χ2v) is 7.00. The Morgan fingerprint density at radius 2 is 1.77 bits per heavy atom. The highest BCUT2D eigenvalue weighted by Gasteiger charge is 2.14. The molecule has 1 rings (SSSR count). The Morgan fingerprint density at radius 3 is 2.30 bits per heavy atom. The maximum atomic E-state index is 14.0. The first-order valence-electron chi connectivity index (χ1n) is 9.84. The summed E-state index contributed by atoms with van der Waals surface area (Å²) in [5.74, 6) is -3.32. The molecule has 2 nitrogen and oxygen atoms in total. The Morgan fingerprint density at radius 1 is 1.17 bits per heavy atom. The number of rotatable bonds is 10. The molecule has 0 bridgehead atoms. The molecule has 2 atom stereocenters. The Bertz CT molecular complexity index is 779. The largest absolute Gasteiger partial charge is 0.505 e. The Kier molecular flexibility index (Phi) is 13.0. The molecule has 166 valence electrons. The monoisotopic (exact) mass is 422 g/mol. The summed E-state index contributed by atoms with van der Waals surface area (Å²) in [5.41, 5.74) is 0.433. The molecule has 0 aliphatic rings. The third-order valence-corrected chi connectivity index (χ3v) is 4.49. The van der Waals surface area contributed by atoms with Crippen molar-refractivity contribution in [2.45, 2.75) is 40.0 Å². The molecule has 0 heterocycles. The maximum absolute atomic E-state index is 14.0. The molecule has 0 aliphatic heterocycles. The summed E-state index contributed by atoms with van der Waals surface area (Å²) in [6.45, 7) is 16.7. The Balaban J connectivity index is 0.00000192. The summed E-state index contributed by atoms with van der Waals surface area (Å²) in [7, 11) is 1.41. The van der Waals surface area contributed by atoms with E-state index in [9.17, 15) is 13.2 Å². The highest BCUT2D eigenvalue weighted by molar-refractivity contribution is 5.52. The van der Waals surface area contributed by atoms with E-state index in [0.29, 0.717) is 12.0 Å². The molecule has 0 saturated heterocycles. The zero-order valence-electron chi connectivity index (χ0n) is 18.4. The molecule has 1 aromatic rings. The predicted molar refractivity (Wildman–Crippen MR) is 120 cm³/mol. The molecule has 1 N–H and O–H groups in total. The lowest BCUT2D eigenvalue weighted by molar-refractivity contribution is 0.307. The van der Waals surface area contributed by atoms with Crippen LogP contribution in [0.5, 0.6) is 5.75 Å². The molecule has 0 radical (unpaired) electrons. The van der Waals surface area contributed by atoms with E-state index in [-0.39, 0.29) is 23.2 Å². The van der Waals surface area contributed by atoms with Crippen LogP contribution in [0.4, 0.5) is 13.2 Å². The van der Waals surface area contributed by atoms with E-state index >= 15 is 0 Å². The first-order valence-corrected chi connectivity index (χ1v) is 9.84. The fourth-order valence-electron chi connectivity index (χ4n) is 2.26. The number of benzene rings is 1. The SMILES string of the molecule is C=C(/C=C(/F)C(=C)C(C)CCC(C)/C=C/c1ccc(O)c(F)c1F)OC.C=CCC. The van der Waals surface area contributed by atoms with Gasteiger partial charge >= 0.3 is 0 Å². The van der Waals surface area contributed by atoms with Crippen LogP contribution < -0.4 is 0 Å². The number of hydrogen-bond donors (Lipinski definition) is 1. The summed E-state index contributed by atoms with van der Waals surface area (Å²) in [6, 6.07) is 2.42. The van der Waals surface area contributed by atoms with Crippen LogP contribution in [0.1, 0.15) is 45.6 Å². The second kappa shape index (κ2) is 14.3. The van der Waals surface area contributed by atoms with Crippen molar-refractivity contribution in [2.75, 3.05) is 7.11 Å². The van der Waals surface area contributed by atoms with Gasteiger partial charge in [0.2, 0.25) is 5.82 Å². The zero-order valence-corrected chi connectivity index (χ0v) is 18.4. The normalized spacial score (nSPS) is 13.2. The first-order chi connectivity index (χ1) is 14.1. The number of ether oxygens (including phenoxy) is 1. The van der Waals surface area contributed by atoms with Crippen LogP contribution in [-0.2, 0) is 4.74 Å². The maximum Gasteiger partial charge on any atom is 0.200 e. The van der Waals surface area contributed by atoms with Crippen LogP contribution in [0, 0.1) is 23.5 Å². The van der Waals surface area contributed by atoms with Crippen molar-refractivity contribution >= 4 is 6.08 Å². The van der Waals surface area contributed by atoms with Crippen LogP contribution in [0.3, 0.4) is 0 Å². The second-order valence-electron chi connectivity index (χ2n) is 7.00. The molecule has 0 spiro atoms. The smallest absolute Gasteiger partial charge is 0.200 e. The molecule has 0 saturated carbocycles. The lowest BCUT2D eigenvalue weighted by Gasteiger charge is -2.15. The lowest BCUT2D eigenvalue weighted by Crippen LogP contribution is -2.02. The van der Waals surface area contributed by atoms with Crippen LogP contribution in [-0.4, -0.2) is 12.2 Å². The third kappa shape index (κ3) is 9.68. The molecule has 2 unspecified atom stereocenters. The van der Waals surface area contributed by atoms with Crippen molar-refractivity contribution in [2.24, 2.45) is 11.8 Å². The van der Waals surface area contributed by atoms with Gasteiger partial charge in [0, 0.05) is 11.6 Å². The van der Waals surface area contributed by atoms with Gasteiger partial charge in [-0.3, -0.25) is 0 Å². The number of phenolic OH excluding ortho intramolecular Hbond substituents is 1. The highest BCUT2D eigenvalue weighted by Crippen LogP contribution is 2.27. The number of allylic oxidation sites excluding steroid dienone is 5. The highest BCUT2D eigenvalue weighted by atomic mass is 19.2. The quantitative estimate of drug-likeness (QED) is 0.236. The number of aromatic hydroxyl groups is 1. The zero-order chi connectivity index (χ0) is 23.3. The van der Waals surface area contributed by atoms with E-state index in [4.69, 9.17) is 9.84 Å². The molecule has 1 aromatic carbocycles. The summed E-state index contributed by atoms with van der Waals surface area (Å²) in [6.07, 6.45) is 8.79. The van der Waals surface area contributed by atoms with Crippen molar-refractivity contribution in [1.29, 1.82) is 0 Å². The van der Waals surface area contributed by atoms with Crippen molar-refractivity contribution in [3.63, 3.8) is 0 Å². The molecule has 0 aromatic heterocycles. The minimum Gasteiger partial charge on any atom is -0.505 e.